The summed E-state index contributed by atoms with van der Waals surface area (Å²) in [6.45, 7) is 5.50. The molecule has 3 aromatic rings. The highest BCUT2D eigenvalue weighted by Crippen LogP contribution is 2.37. The summed E-state index contributed by atoms with van der Waals surface area (Å²) >= 11 is 9.75. The monoisotopic (exact) mass is 535 g/mol. The number of halogens is 2. The summed E-state index contributed by atoms with van der Waals surface area (Å²) in [6.07, 6.45) is 1.73. The van der Waals surface area contributed by atoms with Crippen molar-refractivity contribution in [3.8, 4) is 11.5 Å². The van der Waals surface area contributed by atoms with Gasteiger partial charge < -0.3 is 14.6 Å². The number of hydrogen-bond donors (Lipinski definition) is 1. The molecule has 1 heterocycles. The summed E-state index contributed by atoms with van der Waals surface area (Å²) in [7, 11) is 0. The van der Waals surface area contributed by atoms with Crippen LogP contribution < -0.4 is 15.0 Å². The fraction of sp³-hybridized carbons (Fsp3) is 0.304. The van der Waals surface area contributed by atoms with E-state index in [9.17, 15) is 9.59 Å². The first-order valence-corrected chi connectivity index (χ1v) is 11.5. The second-order valence-electron chi connectivity index (χ2n) is 7.16. The number of aryl methyl sites for hydroxylation is 1. The normalized spacial score (nSPS) is 12.3. The zero-order valence-electron chi connectivity index (χ0n) is 18.3. The number of ether oxygens (including phenoxy) is 2. The number of aliphatic carboxylic acids is 1. The molecule has 1 aromatic heterocycles. The Hall–Kier alpha value is -2.91. The van der Waals surface area contributed by atoms with Crippen LogP contribution in [0.2, 0.25) is 5.02 Å². The van der Waals surface area contributed by atoms with Crippen LogP contribution in [0.25, 0.3) is 10.9 Å². The van der Waals surface area contributed by atoms with Crippen LogP contribution in [0.15, 0.2) is 44.7 Å². The fourth-order valence-corrected chi connectivity index (χ4v) is 3.72. The van der Waals surface area contributed by atoms with Crippen LogP contribution in [0.5, 0.6) is 11.5 Å². The van der Waals surface area contributed by atoms with Crippen molar-refractivity contribution >= 4 is 50.6 Å². The number of carboxylic acid groups (broad SMARTS) is 1. The van der Waals surface area contributed by atoms with Crippen LogP contribution in [0.3, 0.4) is 0 Å². The number of nitrogens with zero attached hydrogens (tertiary/aromatic N) is 3. The van der Waals surface area contributed by atoms with Gasteiger partial charge in [0.05, 0.1) is 28.7 Å². The van der Waals surface area contributed by atoms with E-state index in [2.05, 4.69) is 26.0 Å². The Labute approximate surface area is 203 Å². The molecule has 33 heavy (non-hydrogen) atoms. The largest absolute Gasteiger partial charge is 0.490 e. The van der Waals surface area contributed by atoms with Crippen molar-refractivity contribution in [1.82, 2.24) is 9.66 Å². The van der Waals surface area contributed by atoms with Crippen molar-refractivity contribution in [3.63, 3.8) is 0 Å². The molecule has 0 aliphatic heterocycles. The van der Waals surface area contributed by atoms with Crippen molar-refractivity contribution < 1.29 is 19.4 Å². The lowest BCUT2D eigenvalue weighted by molar-refractivity contribution is -0.144. The predicted octanol–water partition coefficient (Wildman–Crippen LogP) is 4.90. The first-order valence-electron chi connectivity index (χ1n) is 10.4. The first-order chi connectivity index (χ1) is 15.7. The highest BCUT2D eigenvalue weighted by Gasteiger charge is 2.19. The Morgan fingerprint density at radius 2 is 2.09 bits per heavy atom. The number of benzene rings is 2. The summed E-state index contributed by atoms with van der Waals surface area (Å²) in [5.41, 5.74) is 0.864. The molecule has 174 valence electrons. The molecular formula is C23H23BrClN3O5. The zero-order chi connectivity index (χ0) is 24.1. The Bertz CT molecular complexity index is 1280. The highest BCUT2D eigenvalue weighted by molar-refractivity contribution is 9.10. The third-order valence-corrected chi connectivity index (χ3v) is 5.42. The maximum absolute atomic E-state index is 13.1. The summed E-state index contributed by atoms with van der Waals surface area (Å²) in [5, 5.41) is 14.1. The molecule has 0 fully saturated rings. The average Bonchev–Trinajstić information content (AvgIpc) is 2.76. The molecule has 0 unspecified atom stereocenters. The highest BCUT2D eigenvalue weighted by atomic mass is 79.9. The average molecular weight is 537 g/mol. The van der Waals surface area contributed by atoms with Gasteiger partial charge in [0.1, 0.15) is 5.82 Å². The predicted molar refractivity (Wildman–Crippen MR) is 131 cm³/mol. The van der Waals surface area contributed by atoms with E-state index in [4.69, 9.17) is 26.2 Å². The Morgan fingerprint density at radius 3 is 2.76 bits per heavy atom. The molecule has 1 atom stereocenters. The van der Waals surface area contributed by atoms with Gasteiger partial charge in [-0.15, -0.1) is 0 Å². The minimum absolute atomic E-state index is 0.131. The van der Waals surface area contributed by atoms with Gasteiger partial charge in [-0.3, -0.25) is 4.79 Å². The van der Waals surface area contributed by atoms with Crippen LogP contribution in [0.4, 0.5) is 0 Å². The number of carbonyl (C=O) groups is 1. The quantitative estimate of drug-likeness (QED) is 0.390. The third-order valence-electron chi connectivity index (χ3n) is 4.65. The number of aromatic nitrogens is 2. The summed E-state index contributed by atoms with van der Waals surface area (Å²) in [6, 6.07) is 8.53. The second-order valence-corrected chi connectivity index (χ2v) is 8.49. The van der Waals surface area contributed by atoms with E-state index >= 15 is 0 Å². The maximum Gasteiger partial charge on any atom is 0.344 e. The van der Waals surface area contributed by atoms with Crippen LogP contribution >= 0.6 is 27.5 Å². The zero-order valence-corrected chi connectivity index (χ0v) is 20.7. The van der Waals surface area contributed by atoms with Crippen LogP contribution in [-0.2, 0) is 11.2 Å². The molecule has 0 saturated carbocycles. The molecule has 8 nitrogen and oxygen atoms in total. The minimum Gasteiger partial charge on any atom is -0.490 e. The topological polar surface area (TPSA) is 103 Å². The van der Waals surface area contributed by atoms with Crippen LogP contribution in [0, 0.1) is 0 Å². The van der Waals surface area contributed by atoms with E-state index in [0.717, 1.165) is 10.9 Å². The van der Waals surface area contributed by atoms with Crippen molar-refractivity contribution in [2.45, 2.75) is 39.7 Å². The van der Waals surface area contributed by atoms with E-state index in [1.54, 1.807) is 31.2 Å². The first kappa shape index (κ1) is 24.7. The van der Waals surface area contributed by atoms with Crippen molar-refractivity contribution in [3.05, 3.63) is 61.6 Å². The number of rotatable bonds is 9. The van der Waals surface area contributed by atoms with Gasteiger partial charge >= 0.3 is 5.97 Å². The van der Waals surface area contributed by atoms with E-state index in [1.165, 1.54) is 17.8 Å². The molecule has 0 radical (unpaired) electrons. The minimum atomic E-state index is -1.13. The lowest BCUT2D eigenvalue weighted by Crippen LogP contribution is -2.23. The van der Waals surface area contributed by atoms with Gasteiger partial charge in [-0.2, -0.15) is 9.78 Å². The van der Waals surface area contributed by atoms with E-state index < -0.39 is 12.1 Å². The van der Waals surface area contributed by atoms with Gasteiger partial charge in [0.15, 0.2) is 17.6 Å². The number of fused-ring (bicyclic) bond motifs is 1. The standard InChI is InChI=1S/C23H23BrClN3O5/c1-4-6-20-27-18-8-7-15(24)11-16(18)22(29)28(20)26-12-14-9-17(25)21(19(10-14)32-5-2)33-13(3)23(30)31/h7-13H,4-6H2,1-3H3,(H,30,31)/t13-/m0/s1. The lowest BCUT2D eigenvalue weighted by atomic mass is 10.2. The van der Waals surface area contributed by atoms with Crippen LogP contribution in [-0.4, -0.2) is 39.7 Å². The van der Waals surface area contributed by atoms with Gasteiger partial charge in [-0.25, -0.2) is 9.78 Å². The Morgan fingerprint density at radius 1 is 1.33 bits per heavy atom. The van der Waals surface area contributed by atoms with E-state index in [-0.39, 0.29) is 22.1 Å². The molecule has 0 saturated heterocycles. The molecule has 3 rings (SSSR count). The molecule has 0 aliphatic rings. The second kappa shape index (κ2) is 10.8. The molecule has 10 heteroatoms. The van der Waals surface area contributed by atoms with Gasteiger partial charge in [-0.05, 0) is 56.2 Å². The van der Waals surface area contributed by atoms with Crippen molar-refractivity contribution in [2.24, 2.45) is 5.10 Å². The van der Waals surface area contributed by atoms with Crippen molar-refractivity contribution in [1.29, 1.82) is 0 Å². The van der Waals surface area contributed by atoms with Crippen molar-refractivity contribution in [2.75, 3.05) is 6.61 Å². The Balaban J connectivity index is 2.07. The molecule has 2 aromatic carbocycles. The van der Waals surface area contributed by atoms with Gasteiger partial charge in [0.2, 0.25) is 0 Å². The molecule has 0 spiro atoms. The number of carboxylic acids is 1. The smallest absolute Gasteiger partial charge is 0.344 e. The van der Waals surface area contributed by atoms with Gasteiger partial charge in [-0.1, -0.05) is 34.5 Å². The van der Waals surface area contributed by atoms with E-state index in [0.29, 0.717) is 35.3 Å². The summed E-state index contributed by atoms with van der Waals surface area (Å²) in [4.78, 5) is 28.9. The molecular weight excluding hydrogens is 514 g/mol. The third kappa shape index (κ3) is 5.72. The van der Waals surface area contributed by atoms with E-state index in [1.807, 2.05) is 13.0 Å². The van der Waals surface area contributed by atoms with Gasteiger partial charge in [0.25, 0.3) is 5.56 Å². The number of hydrogen-bond acceptors (Lipinski definition) is 6. The SMILES string of the molecule is CCCc1nc2ccc(Br)cc2c(=O)n1N=Cc1cc(Cl)c(O[C@@H](C)C(=O)O)c(OCC)c1. The molecule has 0 bridgehead atoms. The maximum atomic E-state index is 13.1. The molecule has 0 amide bonds. The fourth-order valence-electron chi connectivity index (χ4n) is 3.09. The molecule has 0 aliphatic carbocycles. The summed E-state index contributed by atoms with van der Waals surface area (Å²) < 4.78 is 13.1. The Kier molecular flexibility index (Phi) is 8.10. The van der Waals surface area contributed by atoms with Crippen LogP contribution in [0.1, 0.15) is 38.6 Å². The summed E-state index contributed by atoms with van der Waals surface area (Å²) in [5.74, 6) is -0.176. The lowest BCUT2D eigenvalue weighted by Gasteiger charge is -2.16. The van der Waals surface area contributed by atoms with Gasteiger partial charge in [0, 0.05) is 10.9 Å². The molecule has 1 N–H and O–H groups in total.